The molecule has 0 bridgehead atoms. The predicted octanol–water partition coefficient (Wildman–Crippen LogP) is 2.95. The Labute approximate surface area is 124 Å². The van der Waals surface area contributed by atoms with Gasteiger partial charge in [0.25, 0.3) is 0 Å². The zero-order valence-electron chi connectivity index (χ0n) is 12.1. The van der Waals surface area contributed by atoms with E-state index in [4.69, 9.17) is 4.98 Å². The van der Waals surface area contributed by atoms with E-state index in [0.717, 1.165) is 18.8 Å². The molecule has 106 valence electrons. The van der Waals surface area contributed by atoms with Crippen LogP contribution in [0, 0.1) is 0 Å². The monoisotopic (exact) mass is 287 g/mol. The summed E-state index contributed by atoms with van der Waals surface area (Å²) in [6, 6.07) is 11.1. The highest BCUT2D eigenvalue weighted by Gasteiger charge is 2.24. The SMILES string of the molecule is CN(C)[C@H]1CCN(Cc2nc(-c3ccccc3)cs2)C1. The summed E-state index contributed by atoms with van der Waals surface area (Å²) < 4.78 is 0. The molecular formula is C16H21N3S. The van der Waals surface area contributed by atoms with Crippen molar-refractivity contribution in [2.75, 3.05) is 27.2 Å². The molecule has 0 amide bonds. The Bertz CT molecular complexity index is 550. The van der Waals surface area contributed by atoms with E-state index in [1.165, 1.54) is 23.5 Å². The first-order valence-corrected chi connectivity index (χ1v) is 7.99. The maximum absolute atomic E-state index is 4.78. The van der Waals surface area contributed by atoms with Gasteiger partial charge in [0.05, 0.1) is 12.2 Å². The fourth-order valence-corrected chi connectivity index (χ4v) is 3.54. The van der Waals surface area contributed by atoms with Crippen molar-refractivity contribution < 1.29 is 0 Å². The standard InChI is InChI=1S/C16H21N3S/c1-18(2)14-8-9-19(10-14)11-16-17-15(12-20-16)13-6-4-3-5-7-13/h3-7,12,14H,8-11H2,1-2H3/t14-/m0/s1. The van der Waals surface area contributed by atoms with Crippen LogP contribution < -0.4 is 0 Å². The van der Waals surface area contributed by atoms with Crippen molar-refractivity contribution in [3.63, 3.8) is 0 Å². The first-order chi connectivity index (χ1) is 9.72. The number of hydrogen-bond donors (Lipinski definition) is 0. The molecule has 0 unspecified atom stereocenters. The summed E-state index contributed by atoms with van der Waals surface area (Å²) >= 11 is 1.77. The summed E-state index contributed by atoms with van der Waals surface area (Å²) in [5.41, 5.74) is 2.32. The molecule has 0 saturated carbocycles. The van der Waals surface area contributed by atoms with Crippen LogP contribution in [0.4, 0.5) is 0 Å². The average Bonchev–Trinajstić information content (AvgIpc) is 3.10. The molecule has 0 spiro atoms. The second kappa shape index (κ2) is 6.04. The fourth-order valence-electron chi connectivity index (χ4n) is 2.69. The molecule has 2 aromatic rings. The van der Waals surface area contributed by atoms with Gasteiger partial charge in [0.15, 0.2) is 0 Å². The van der Waals surface area contributed by atoms with Crippen molar-refractivity contribution in [1.29, 1.82) is 0 Å². The molecule has 4 heteroatoms. The van der Waals surface area contributed by atoms with Crippen LogP contribution in [0.5, 0.6) is 0 Å². The second-order valence-corrected chi connectivity index (χ2v) is 6.58. The van der Waals surface area contributed by atoms with Crippen molar-refractivity contribution >= 4 is 11.3 Å². The van der Waals surface area contributed by atoms with Crippen LogP contribution in [0.2, 0.25) is 0 Å². The third-order valence-corrected chi connectivity index (χ3v) is 4.79. The predicted molar refractivity (Wildman–Crippen MR) is 84.9 cm³/mol. The molecule has 1 aromatic carbocycles. The number of thiazole rings is 1. The Hall–Kier alpha value is -1.23. The van der Waals surface area contributed by atoms with Crippen LogP contribution in [0.3, 0.4) is 0 Å². The zero-order chi connectivity index (χ0) is 13.9. The largest absolute Gasteiger partial charge is 0.305 e. The Morgan fingerprint density at radius 1 is 1.30 bits per heavy atom. The van der Waals surface area contributed by atoms with E-state index in [0.29, 0.717) is 6.04 Å². The molecule has 3 nitrogen and oxygen atoms in total. The number of benzene rings is 1. The van der Waals surface area contributed by atoms with E-state index in [-0.39, 0.29) is 0 Å². The molecule has 3 rings (SSSR count). The molecule has 0 aliphatic carbocycles. The Morgan fingerprint density at radius 3 is 2.80 bits per heavy atom. The summed E-state index contributed by atoms with van der Waals surface area (Å²) in [6.07, 6.45) is 1.27. The van der Waals surface area contributed by atoms with Crippen molar-refractivity contribution in [1.82, 2.24) is 14.8 Å². The maximum atomic E-state index is 4.78. The molecule has 0 radical (unpaired) electrons. The number of hydrogen-bond acceptors (Lipinski definition) is 4. The van der Waals surface area contributed by atoms with Crippen LogP contribution in [-0.2, 0) is 6.54 Å². The molecule has 2 heterocycles. The lowest BCUT2D eigenvalue weighted by Crippen LogP contribution is -2.31. The van der Waals surface area contributed by atoms with Gasteiger partial charge >= 0.3 is 0 Å². The Balaban J connectivity index is 1.64. The fraction of sp³-hybridized carbons (Fsp3) is 0.438. The highest BCUT2D eigenvalue weighted by molar-refractivity contribution is 7.09. The normalized spacial score (nSPS) is 19.9. The first-order valence-electron chi connectivity index (χ1n) is 7.11. The minimum Gasteiger partial charge on any atom is -0.305 e. The molecule has 1 fully saturated rings. The number of likely N-dealkylation sites (N-methyl/N-ethyl adjacent to an activating group) is 1. The number of nitrogens with zero attached hydrogens (tertiary/aromatic N) is 3. The van der Waals surface area contributed by atoms with Crippen molar-refractivity contribution in [2.45, 2.75) is 19.0 Å². The lowest BCUT2D eigenvalue weighted by atomic mass is 10.2. The molecule has 20 heavy (non-hydrogen) atoms. The summed E-state index contributed by atoms with van der Waals surface area (Å²) in [5, 5.41) is 3.40. The van der Waals surface area contributed by atoms with Crippen LogP contribution in [-0.4, -0.2) is 48.0 Å². The molecule has 1 atom stereocenters. The van der Waals surface area contributed by atoms with Gasteiger partial charge in [-0.2, -0.15) is 0 Å². The van der Waals surface area contributed by atoms with Crippen molar-refractivity contribution in [3.05, 3.63) is 40.7 Å². The molecule has 1 aliphatic heterocycles. The summed E-state index contributed by atoms with van der Waals surface area (Å²) in [4.78, 5) is 9.62. The van der Waals surface area contributed by atoms with Gasteiger partial charge in [-0.05, 0) is 20.5 Å². The highest BCUT2D eigenvalue weighted by atomic mass is 32.1. The number of likely N-dealkylation sites (tertiary alicyclic amines) is 1. The Kier molecular flexibility index (Phi) is 4.15. The Morgan fingerprint density at radius 2 is 2.10 bits per heavy atom. The van der Waals surface area contributed by atoms with Gasteiger partial charge in [-0.3, -0.25) is 4.90 Å². The van der Waals surface area contributed by atoms with Crippen LogP contribution in [0.1, 0.15) is 11.4 Å². The minimum atomic E-state index is 0.698. The first kappa shape index (κ1) is 13.7. The summed E-state index contributed by atoms with van der Waals surface area (Å²) in [7, 11) is 4.34. The minimum absolute atomic E-state index is 0.698. The molecule has 1 aliphatic rings. The van der Waals surface area contributed by atoms with Gasteiger partial charge in [0, 0.05) is 30.1 Å². The highest BCUT2D eigenvalue weighted by Crippen LogP contribution is 2.24. The lowest BCUT2D eigenvalue weighted by Gasteiger charge is -2.19. The third-order valence-electron chi connectivity index (χ3n) is 3.96. The van der Waals surface area contributed by atoms with E-state index in [1.54, 1.807) is 11.3 Å². The molecule has 1 saturated heterocycles. The smallest absolute Gasteiger partial charge is 0.107 e. The average molecular weight is 287 g/mol. The quantitative estimate of drug-likeness (QED) is 0.862. The number of rotatable bonds is 4. The summed E-state index contributed by atoms with van der Waals surface area (Å²) in [5.74, 6) is 0. The maximum Gasteiger partial charge on any atom is 0.107 e. The van der Waals surface area contributed by atoms with Crippen LogP contribution in [0.15, 0.2) is 35.7 Å². The topological polar surface area (TPSA) is 19.4 Å². The van der Waals surface area contributed by atoms with E-state index >= 15 is 0 Å². The van der Waals surface area contributed by atoms with Crippen molar-refractivity contribution in [3.8, 4) is 11.3 Å². The van der Waals surface area contributed by atoms with Gasteiger partial charge in [0.2, 0.25) is 0 Å². The third kappa shape index (κ3) is 3.08. The van der Waals surface area contributed by atoms with Gasteiger partial charge in [0.1, 0.15) is 5.01 Å². The van der Waals surface area contributed by atoms with E-state index in [9.17, 15) is 0 Å². The number of aromatic nitrogens is 1. The van der Waals surface area contributed by atoms with Gasteiger partial charge < -0.3 is 4.90 Å². The van der Waals surface area contributed by atoms with Crippen molar-refractivity contribution in [2.24, 2.45) is 0 Å². The second-order valence-electron chi connectivity index (χ2n) is 5.63. The van der Waals surface area contributed by atoms with Crippen LogP contribution >= 0.6 is 11.3 Å². The molecule has 0 N–H and O–H groups in total. The van der Waals surface area contributed by atoms with Gasteiger partial charge in [-0.15, -0.1) is 11.3 Å². The zero-order valence-corrected chi connectivity index (χ0v) is 12.9. The van der Waals surface area contributed by atoms with Gasteiger partial charge in [-0.25, -0.2) is 4.98 Å². The summed E-state index contributed by atoms with van der Waals surface area (Å²) in [6.45, 7) is 3.33. The van der Waals surface area contributed by atoms with Gasteiger partial charge in [-0.1, -0.05) is 30.3 Å². The van der Waals surface area contributed by atoms with E-state index < -0.39 is 0 Å². The van der Waals surface area contributed by atoms with Crippen LogP contribution in [0.25, 0.3) is 11.3 Å². The lowest BCUT2D eigenvalue weighted by molar-refractivity contribution is 0.264. The van der Waals surface area contributed by atoms with E-state index in [1.807, 2.05) is 6.07 Å². The molecule has 1 aromatic heterocycles. The van der Waals surface area contributed by atoms with E-state index in [2.05, 4.69) is 53.5 Å². The molecular weight excluding hydrogens is 266 g/mol.